The Kier molecular flexibility index (Phi) is 3.53. The van der Waals surface area contributed by atoms with Crippen LogP contribution in [0.3, 0.4) is 0 Å². The molecule has 4 nitrogen and oxygen atoms in total. The second-order valence-electron chi connectivity index (χ2n) is 5.17. The van der Waals surface area contributed by atoms with E-state index in [2.05, 4.69) is 24.2 Å². The molecule has 0 radical (unpaired) electrons. The Labute approximate surface area is 113 Å². The van der Waals surface area contributed by atoms with E-state index in [0.717, 1.165) is 36.2 Å². The van der Waals surface area contributed by atoms with E-state index >= 15 is 0 Å². The number of rotatable bonds is 4. The maximum Gasteiger partial charge on any atom is 0.0729 e. The molecule has 102 valence electrons. The predicted octanol–water partition coefficient (Wildman–Crippen LogP) is 2.00. The van der Waals surface area contributed by atoms with E-state index in [1.54, 1.807) is 0 Å². The van der Waals surface area contributed by atoms with Crippen molar-refractivity contribution < 1.29 is 9.84 Å². The maximum atomic E-state index is 10.3. The number of nitrogens with zero attached hydrogens (tertiary/aromatic N) is 2. The van der Waals surface area contributed by atoms with Crippen LogP contribution >= 0.6 is 0 Å². The minimum atomic E-state index is -0.355. The van der Waals surface area contributed by atoms with Crippen LogP contribution in [0.1, 0.15) is 19.0 Å². The second kappa shape index (κ2) is 5.31. The molecule has 0 aliphatic carbocycles. The molecule has 1 aromatic heterocycles. The molecule has 1 saturated heterocycles. The average Bonchev–Trinajstić information content (AvgIpc) is 3.07. The lowest BCUT2D eigenvalue weighted by atomic mass is 9.97. The fourth-order valence-corrected chi connectivity index (χ4v) is 2.81. The first-order chi connectivity index (χ1) is 9.29. The Balaban J connectivity index is 1.87. The third-order valence-corrected chi connectivity index (χ3v) is 3.95. The highest BCUT2D eigenvalue weighted by molar-refractivity contribution is 5.82. The van der Waals surface area contributed by atoms with E-state index < -0.39 is 0 Å². The van der Waals surface area contributed by atoms with Crippen LogP contribution in [-0.2, 0) is 17.7 Å². The van der Waals surface area contributed by atoms with Gasteiger partial charge < -0.3 is 9.84 Å². The molecule has 1 fully saturated rings. The van der Waals surface area contributed by atoms with Crippen LogP contribution in [0.4, 0.5) is 0 Å². The molecule has 0 spiro atoms. The summed E-state index contributed by atoms with van der Waals surface area (Å²) in [6.45, 7) is 4.38. The molecule has 1 aliphatic heterocycles. The summed E-state index contributed by atoms with van der Waals surface area (Å²) < 4.78 is 7.35. The Morgan fingerprint density at radius 3 is 3.05 bits per heavy atom. The van der Waals surface area contributed by atoms with Crippen molar-refractivity contribution in [3.63, 3.8) is 0 Å². The van der Waals surface area contributed by atoms with Crippen LogP contribution < -0.4 is 0 Å². The number of hydrogen-bond donors (Lipinski definition) is 1. The Hall–Kier alpha value is -1.39. The van der Waals surface area contributed by atoms with Gasteiger partial charge in [-0.3, -0.25) is 4.68 Å². The molecule has 0 bridgehead atoms. The van der Waals surface area contributed by atoms with Gasteiger partial charge in [-0.1, -0.05) is 18.2 Å². The molecule has 1 aromatic carbocycles. The Morgan fingerprint density at radius 2 is 2.32 bits per heavy atom. The molecule has 19 heavy (non-hydrogen) atoms. The lowest BCUT2D eigenvalue weighted by Gasteiger charge is -2.15. The van der Waals surface area contributed by atoms with Crippen LogP contribution in [0.15, 0.2) is 24.3 Å². The third kappa shape index (κ3) is 2.38. The van der Waals surface area contributed by atoms with Crippen molar-refractivity contribution in [1.29, 1.82) is 0 Å². The van der Waals surface area contributed by atoms with E-state index in [9.17, 15) is 5.11 Å². The summed E-state index contributed by atoms with van der Waals surface area (Å²) in [7, 11) is 0. The van der Waals surface area contributed by atoms with Gasteiger partial charge in [0.05, 0.1) is 23.9 Å². The number of aryl methyl sites for hydroxylation is 1. The minimum absolute atomic E-state index is 0.255. The molecule has 2 unspecified atom stereocenters. The summed E-state index contributed by atoms with van der Waals surface area (Å²) in [6, 6.07) is 8.22. The van der Waals surface area contributed by atoms with Crippen LogP contribution in [0.2, 0.25) is 0 Å². The fourth-order valence-electron chi connectivity index (χ4n) is 2.81. The molecular formula is C15H20N2O2. The molecule has 4 heteroatoms. The molecule has 3 rings (SSSR count). The van der Waals surface area contributed by atoms with Crippen LogP contribution in [-0.4, -0.2) is 34.2 Å². The molecule has 1 aliphatic rings. The number of aliphatic hydroxyl groups is 1. The van der Waals surface area contributed by atoms with Crippen molar-refractivity contribution in [1.82, 2.24) is 9.78 Å². The third-order valence-electron chi connectivity index (χ3n) is 3.95. The van der Waals surface area contributed by atoms with E-state index in [1.165, 1.54) is 0 Å². The minimum Gasteiger partial charge on any atom is -0.392 e. The number of para-hydroxylation sites is 1. The van der Waals surface area contributed by atoms with Gasteiger partial charge in [0.15, 0.2) is 0 Å². The topological polar surface area (TPSA) is 47.3 Å². The van der Waals surface area contributed by atoms with Crippen molar-refractivity contribution in [2.75, 3.05) is 13.2 Å². The largest absolute Gasteiger partial charge is 0.392 e. The van der Waals surface area contributed by atoms with Gasteiger partial charge in [0.2, 0.25) is 0 Å². The summed E-state index contributed by atoms with van der Waals surface area (Å²) in [5.41, 5.74) is 2.15. The van der Waals surface area contributed by atoms with Gasteiger partial charge in [-0.05, 0) is 19.4 Å². The molecule has 0 amide bonds. The van der Waals surface area contributed by atoms with Crippen molar-refractivity contribution in [2.45, 2.75) is 32.4 Å². The Morgan fingerprint density at radius 1 is 1.47 bits per heavy atom. The highest BCUT2D eigenvalue weighted by Gasteiger charge is 2.25. The fraction of sp³-hybridized carbons (Fsp3) is 0.533. The molecule has 2 atom stereocenters. The Bertz CT molecular complexity index is 558. The summed E-state index contributed by atoms with van der Waals surface area (Å²) >= 11 is 0. The molecule has 1 N–H and O–H groups in total. The first-order valence-corrected chi connectivity index (χ1v) is 7.00. The SMILES string of the molecule is CCn1nc(CC(O)C2CCOC2)c2ccccc21. The number of aliphatic hydroxyl groups excluding tert-OH is 1. The highest BCUT2D eigenvalue weighted by atomic mass is 16.5. The van der Waals surface area contributed by atoms with Crippen LogP contribution in [0.25, 0.3) is 10.9 Å². The summed E-state index contributed by atoms with van der Waals surface area (Å²) in [6.07, 6.45) is 1.21. The van der Waals surface area contributed by atoms with Crippen LogP contribution in [0, 0.1) is 5.92 Å². The predicted molar refractivity (Wildman–Crippen MR) is 74.0 cm³/mol. The van der Waals surface area contributed by atoms with E-state index in [4.69, 9.17) is 4.74 Å². The average molecular weight is 260 g/mol. The smallest absolute Gasteiger partial charge is 0.0729 e. The van der Waals surface area contributed by atoms with Gasteiger partial charge in [0, 0.05) is 30.9 Å². The zero-order valence-corrected chi connectivity index (χ0v) is 11.2. The van der Waals surface area contributed by atoms with Gasteiger partial charge in [-0.25, -0.2) is 0 Å². The quantitative estimate of drug-likeness (QED) is 0.914. The second-order valence-corrected chi connectivity index (χ2v) is 5.17. The number of ether oxygens (including phenoxy) is 1. The zero-order valence-electron chi connectivity index (χ0n) is 11.2. The number of aromatic nitrogens is 2. The summed E-state index contributed by atoms with van der Waals surface area (Å²) in [5.74, 6) is 0.255. The van der Waals surface area contributed by atoms with Crippen molar-refractivity contribution in [2.24, 2.45) is 5.92 Å². The molecule has 2 aromatic rings. The van der Waals surface area contributed by atoms with Crippen LogP contribution in [0.5, 0.6) is 0 Å². The van der Waals surface area contributed by atoms with Crippen molar-refractivity contribution >= 4 is 10.9 Å². The van der Waals surface area contributed by atoms with E-state index in [-0.39, 0.29) is 12.0 Å². The summed E-state index contributed by atoms with van der Waals surface area (Å²) in [5, 5.41) is 16.1. The normalized spacial score (nSPS) is 21.1. The lowest BCUT2D eigenvalue weighted by Crippen LogP contribution is -2.23. The molecular weight excluding hydrogens is 240 g/mol. The van der Waals surface area contributed by atoms with Gasteiger partial charge in [-0.2, -0.15) is 5.10 Å². The number of hydrogen-bond acceptors (Lipinski definition) is 3. The van der Waals surface area contributed by atoms with Gasteiger partial charge >= 0.3 is 0 Å². The van der Waals surface area contributed by atoms with Crippen molar-refractivity contribution in [3.8, 4) is 0 Å². The monoisotopic (exact) mass is 260 g/mol. The summed E-state index contributed by atoms with van der Waals surface area (Å²) in [4.78, 5) is 0. The van der Waals surface area contributed by atoms with Gasteiger partial charge in [-0.15, -0.1) is 0 Å². The highest BCUT2D eigenvalue weighted by Crippen LogP contribution is 2.24. The van der Waals surface area contributed by atoms with E-state index in [1.807, 2.05) is 16.8 Å². The van der Waals surface area contributed by atoms with Crippen molar-refractivity contribution in [3.05, 3.63) is 30.0 Å². The van der Waals surface area contributed by atoms with E-state index in [0.29, 0.717) is 13.0 Å². The number of fused-ring (bicyclic) bond motifs is 1. The lowest BCUT2D eigenvalue weighted by molar-refractivity contribution is 0.0912. The first kappa shape index (κ1) is 12.6. The van der Waals surface area contributed by atoms with Gasteiger partial charge in [0.25, 0.3) is 0 Å². The maximum absolute atomic E-state index is 10.3. The van der Waals surface area contributed by atoms with Gasteiger partial charge in [0.1, 0.15) is 0 Å². The molecule has 0 saturated carbocycles. The zero-order chi connectivity index (χ0) is 13.2. The number of benzene rings is 1. The molecule has 2 heterocycles. The standard InChI is InChI=1S/C15H20N2O2/c1-2-17-14-6-4-3-5-12(14)13(16-17)9-15(18)11-7-8-19-10-11/h3-6,11,15,18H,2,7-10H2,1H3. The first-order valence-electron chi connectivity index (χ1n) is 7.00.